The van der Waals surface area contributed by atoms with Gasteiger partial charge in [0.05, 0.1) is 27.7 Å². The number of carbonyl (C=O) groups excluding carboxylic acids is 2. The monoisotopic (exact) mass is 798 g/mol. The molecule has 0 aromatic carbocycles. The second-order valence-electron chi connectivity index (χ2n) is 16.1. The largest absolute Gasteiger partial charge is 0.756 e. The molecule has 0 saturated heterocycles. The number of unbranched alkanes of at least 4 members (excludes halogenated alkanes) is 20. The van der Waals surface area contributed by atoms with Crippen LogP contribution in [0.15, 0.2) is 36.5 Å². The normalized spacial score (nSPS) is 13.9. The topological polar surface area (TPSA) is 111 Å². The highest BCUT2D eigenvalue weighted by molar-refractivity contribution is 7.45. The van der Waals surface area contributed by atoms with Crippen LogP contribution in [0.1, 0.15) is 187 Å². The number of nitrogens with zero attached hydrogens (tertiary/aromatic N) is 1. The minimum Gasteiger partial charge on any atom is -0.756 e. The molecule has 2 unspecified atom stereocenters. The van der Waals surface area contributed by atoms with Crippen LogP contribution in [0.2, 0.25) is 0 Å². The number of phosphoric acid groups is 1. The number of carbonyl (C=O) groups is 2. The first-order valence-electron chi connectivity index (χ1n) is 22.2. The molecule has 0 aromatic heterocycles. The number of phosphoric ester groups is 1. The number of hydrogen-bond donors (Lipinski definition) is 0. The van der Waals surface area contributed by atoms with Crippen molar-refractivity contribution in [2.75, 3.05) is 47.5 Å². The highest BCUT2D eigenvalue weighted by atomic mass is 31.2. The number of esters is 2. The Morgan fingerprint density at radius 3 is 1.53 bits per heavy atom. The number of allylic oxidation sites excluding steroid dienone is 6. The van der Waals surface area contributed by atoms with Gasteiger partial charge in [0, 0.05) is 12.8 Å². The molecule has 0 amide bonds. The van der Waals surface area contributed by atoms with E-state index in [1.54, 1.807) is 0 Å². The Hall–Kier alpha value is -1.77. The predicted octanol–water partition coefficient (Wildman–Crippen LogP) is 11.9. The van der Waals surface area contributed by atoms with Gasteiger partial charge in [0.1, 0.15) is 19.8 Å². The molecular weight excluding hydrogens is 713 g/mol. The van der Waals surface area contributed by atoms with Crippen LogP contribution in [-0.2, 0) is 32.7 Å². The number of likely N-dealkylation sites (N-methyl/N-ethyl adjacent to an activating group) is 1. The Kier molecular flexibility index (Phi) is 36.6. The Labute approximate surface area is 338 Å². The van der Waals surface area contributed by atoms with Crippen LogP contribution in [0.4, 0.5) is 0 Å². The van der Waals surface area contributed by atoms with E-state index in [4.69, 9.17) is 18.5 Å². The molecule has 9 nitrogen and oxygen atoms in total. The van der Waals surface area contributed by atoms with Gasteiger partial charge in [0.15, 0.2) is 6.10 Å². The van der Waals surface area contributed by atoms with Gasteiger partial charge in [-0.2, -0.15) is 0 Å². The molecule has 0 radical (unpaired) electrons. The maximum atomic E-state index is 12.6. The number of rotatable bonds is 40. The molecule has 0 rings (SSSR count). The summed E-state index contributed by atoms with van der Waals surface area (Å²) in [5.74, 6) is -0.855. The van der Waals surface area contributed by atoms with Crippen LogP contribution in [0.3, 0.4) is 0 Å². The molecule has 0 aromatic rings. The average molecular weight is 798 g/mol. The van der Waals surface area contributed by atoms with Gasteiger partial charge in [-0.1, -0.05) is 147 Å². The maximum Gasteiger partial charge on any atom is 0.306 e. The van der Waals surface area contributed by atoms with E-state index in [0.717, 1.165) is 77.0 Å². The van der Waals surface area contributed by atoms with Crippen molar-refractivity contribution in [2.24, 2.45) is 0 Å². The molecule has 0 fully saturated rings. The van der Waals surface area contributed by atoms with E-state index in [1.165, 1.54) is 77.0 Å². The second kappa shape index (κ2) is 37.8. The highest BCUT2D eigenvalue weighted by Gasteiger charge is 2.21. The van der Waals surface area contributed by atoms with Gasteiger partial charge in [0.2, 0.25) is 0 Å². The van der Waals surface area contributed by atoms with E-state index in [2.05, 4.69) is 50.3 Å². The molecule has 10 heteroatoms. The molecule has 0 aliphatic carbocycles. The fourth-order valence-corrected chi connectivity index (χ4v) is 6.59. The lowest BCUT2D eigenvalue weighted by molar-refractivity contribution is -0.870. The van der Waals surface area contributed by atoms with Gasteiger partial charge >= 0.3 is 11.9 Å². The van der Waals surface area contributed by atoms with E-state index in [-0.39, 0.29) is 26.1 Å². The van der Waals surface area contributed by atoms with Crippen LogP contribution < -0.4 is 4.89 Å². The molecule has 0 heterocycles. The van der Waals surface area contributed by atoms with Crippen molar-refractivity contribution in [2.45, 2.75) is 193 Å². The van der Waals surface area contributed by atoms with Crippen molar-refractivity contribution in [1.82, 2.24) is 0 Å². The third-order valence-electron chi connectivity index (χ3n) is 9.36. The van der Waals surface area contributed by atoms with Crippen LogP contribution in [-0.4, -0.2) is 70.0 Å². The molecule has 322 valence electrons. The summed E-state index contributed by atoms with van der Waals surface area (Å²) < 4.78 is 33.9. The van der Waals surface area contributed by atoms with Crippen LogP contribution in [0.25, 0.3) is 0 Å². The molecular formula is C45H84NO8P. The first-order valence-corrected chi connectivity index (χ1v) is 23.7. The fraction of sp³-hybridized carbons (Fsp3) is 0.822. The van der Waals surface area contributed by atoms with E-state index >= 15 is 0 Å². The van der Waals surface area contributed by atoms with Crippen molar-refractivity contribution in [3.05, 3.63) is 36.5 Å². The summed E-state index contributed by atoms with van der Waals surface area (Å²) in [6.45, 7) is 4.14. The number of quaternary nitrogens is 1. The van der Waals surface area contributed by atoms with Gasteiger partial charge in [-0.05, 0) is 64.2 Å². The summed E-state index contributed by atoms with van der Waals surface area (Å²) in [4.78, 5) is 37.5. The standard InChI is InChI=1S/C45H84NO8P/c1-6-8-10-12-14-16-18-20-21-22-23-24-26-27-29-31-33-35-37-44(47)51-41-43(42-53-55(49,50)52-40-39-46(3,4)5)54-45(48)38-36-34-32-30-28-25-19-17-15-13-11-9-7-2/h11,13,17,19,21-22,43H,6-10,12,14-16,18,20,23-42H2,1-5H3/b13-11-,19-17-,22-21-. The van der Waals surface area contributed by atoms with Crippen molar-refractivity contribution in [3.8, 4) is 0 Å². The van der Waals surface area contributed by atoms with Gasteiger partial charge in [-0.3, -0.25) is 14.2 Å². The first kappa shape index (κ1) is 53.2. The van der Waals surface area contributed by atoms with E-state index < -0.39 is 32.5 Å². The molecule has 0 N–H and O–H groups in total. The van der Waals surface area contributed by atoms with E-state index in [1.807, 2.05) is 21.1 Å². The molecule has 0 bridgehead atoms. The lowest BCUT2D eigenvalue weighted by Crippen LogP contribution is -2.37. The molecule has 0 saturated carbocycles. The maximum absolute atomic E-state index is 12.6. The summed E-state index contributed by atoms with van der Waals surface area (Å²) in [6.07, 6.45) is 41.7. The molecule has 55 heavy (non-hydrogen) atoms. The Bertz CT molecular complexity index is 1040. The third-order valence-corrected chi connectivity index (χ3v) is 10.3. The van der Waals surface area contributed by atoms with Crippen molar-refractivity contribution in [1.29, 1.82) is 0 Å². The number of ether oxygens (including phenoxy) is 2. The summed E-state index contributed by atoms with van der Waals surface area (Å²) in [5.41, 5.74) is 0. The number of hydrogen-bond acceptors (Lipinski definition) is 8. The smallest absolute Gasteiger partial charge is 0.306 e. The zero-order valence-corrected chi connectivity index (χ0v) is 37.0. The van der Waals surface area contributed by atoms with Crippen LogP contribution >= 0.6 is 7.82 Å². The van der Waals surface area contributed by atoms with Gasteiger partial charge in [-0.25, -0.2) is 0 Å². The van der Waals surface area contributed by atoms with Gasteiger partial charge in [0.25, 0.3) is 7.82 Å². The summed E-state index contributed by atoms with van der Waals surface area (Å²) in [5, 5.41) is 0. The van der Waals surface area contributed by atoms with Crippen LogP contribution in [0.5, 0.6) is 0 Å². The SMILES string of the molecule is CCC/C=C\C/C=C\CCCCCCCC(=O)OC(COC(=O)CCCCCCCCC/C=C\CCCCCCCCC)COP(=O)([O-])OCC[N+](C)(C)C. The zero-order chi connectivity index (χ0) is 40.7. The molecule has 2 atom stereocenters. The molecule has 0 aliphatic heterocycles. The van der Waals surface area contributed by atoms with Crippen molar-refractivity contribution in [3.63, 3.8) is 0 Å². The lowest BCUT2D eigenvalue weighted by atomic mass is 10.1. The Morgan fingerprint density at radius 1 is 0.564 bits per heavy atom. The average Bonchev–Trinajstić information content (AvgIpc) is 3.13. The van der Waals surface area contributed by atoms with E-state index in [9.17, 15) is 19.0 Å². The summed E-state index contributed by atoms with van der Waals surface area (Å²) in [7, 11) is 1.15. The summed E-state index contributed by atoms with van der Waals surface area (Å²) >= 11 is 0. The summed E-state index contributed by atoms with van der Waals surface area (Å²) in [6, 6.07) is 0. The first-order chi connectivity index (χ1) is 26.5. The quantitative estimate of drug-likeness (QED) is 0.0198. The fourth-order valence-electron chi connectivity index (χ4n) is 5.86. The van der Waals surface area contributed by atoms with E-state index in [0.29, 0.717) is 17.4 Å². The molecule has 0 spiro atoms. The zero-order valence-electron chi connectivity index (χ0n) is 36.1. The minimum absolute atomic E-state index is 0.0346. The Balaban J connectivity index is 4.34. The van der Waals surface area contributed by atoms with Gasteiger partial charge < -0.3 is 27.9 Å². The van der Waals surface area contributed by atoms with Crippen molar-refractivity contribution >= 4 is 19.8 Å². The van der Waals surface area contributed by atoms with Crippen LogP contribution in [0, 0.1) is 0 Å². The highest BCUT2D eigenvalue weighted by Crippen LogP contribution is 2.38. The van der Waals surface area contributed by atoms with Gasteiger partial charge in [-0.15, -0.1) is 0 Å². The second-order valence-corrected chi connectivity index (χ2v) is 17.5. The lowest BCUT2D eigenvalue weighted by Gasteiger charge is -2.28. The third kappa shape index (κ3) is 41.7. The minimum atomic E-state index is -4.63. The van der Waals surface area contributed by atoms with Crippen molar-refractivity contribution < 1.29 is 42.1 Å². The molecule has 0 aliphatic rings. The Morgan fingerprint density at radius 2 is 1.02 bits per heavy atom. The predicted molar refractivity (Wildman–Crippen MR) is 227 cm³/mol.